The van der Waals surface area contributed by atoms with Crippen molar-refractivity contribution in [3.8, 4) is 11.4 Å². The van der Waals surface area contributed by atoms with Crippen LogP contribution in [0.4, 0.5) is 5.69 Å². The predicted molar refractivity (Wildman–Crippen MR) is 79.7 cm³/mol. The highest BCUT2D eigenvalue weighted by Gasteiger charge is 2.05. The summed E-state index contributed by atoms with van der Waals surface area (Å²) < 4.78 is 6.90. The molecule has 0 saturated carbocycles. The van der Waals surface area contributed by atoms with E-state index in [0.29, 0.717) is 11.4 Å². The van der Waals surface area contributed by atoms with E-state index in [1.807, 2.05) is 30.3 Å². The van der Waals surface area contributed by atoms with Crippen molar-refractivity contribution < 1.29 is 9.53 Å². The van der Waals surface area contributed by atoms with Crippen LogP contribution in [0, 0.1) is 0 Å². The van der Waals surface area contributed by atoms with Crippen LogP contribution in [0.5, 0.6) is 5.75 Å². The fourth-order valence-electron chi connectivity index (χ4n) is 1.87. The predicted octanol–water partition coefficient (Wildman–Crippen LogP) is 1.68. The maximum atomic E-state index is 11.9. The van der Waals surface area contributed by atoms with E-state index in [1.165, 1.54) is 11.0 Å². The SMILES string of the molecule is O=C(COc1ccccc1)Nc1cccc(-n2cnnn2)c1. The Morgan fingerprint density at radius 3 is 2.77 bits per heavy atom. The second kappa shape index (κ2) is 6.49. The first-order valence-electron chi connectivity index (χ1n) is 6.62. The average Bonchev–Trinajstić information content (AvgIpc) is 3.09. The molecular weight excluding hydrogens is 282 g/mol. The number of amides is 1. The number of nitrogens with one attached hydrogen (secondary N) is 1. The molecule has 0 radical (unpaired) electrons. The molecule has 1 aromatic heterocycles. The molecule has 0 unspecified atom stereocenters. The molecule has 1 N–H and O–H groups in total. The van der Waals surface area contributed by atoms with Crippen LogP contribution >= 0.6 is 0 Å². The lowest BCUT2D eigenvalue weighted by Crippen LogP contribution is -2.20. The number of rotatable bonds is 5. The largest absolute Gasteiger partial charge is 0.484 e. The van der Waals surface area contributed by atoms with Gasteiger partial charge in [0.2, 0.25) is 0 Å². The Morgan fingerprint density at radius 1 is 1.14 bits per heavy atom. The Balaban J connectivity index is 1.61. The Hall–Kier alpha value is -3.22. The van der Waals surface area contributed by atoms with Gasteiger partial charge < -0.3 is 10.1 Å². The van der Waals surface area contributed by atoms with E-state index in [9.17, 15) is 4.79 Å². The highest BCUT2D eigenvalue weighted by Crippen LogP contribution is 2.13. The summed E-state index contributed by atoms with van der Waals surface area (Å²) in [5.41, 5.74) is 1.40. The maximum Gasteiger partial charge on any atom is 0.262 e. The summed E-state index contributed by atoms with van der Waals surface area (Å²) in [5, 5.41) is 13.7. The molecule has 0 spiro atoms. The van der Waals surface area contributed by atoms with Crippen LogP contribution in [-0.2, 0) is 4.79 Å². The minimum absolute atomic E-state index is 0.0564. The number of carbonyl (C=O) groups excluding carboxylic acids is 1. The molecule has 0 aliphatic heterocycles. The molecule has 1 amide bonds. The normalized spacial score (nSPS) is 10.2. The lowest BCUT2D eigenvalue weighted by Gasteiger charge is -2.08. The molecule has 0 aliphatic carbocycles. The number of anilines is 1. The number of para-hydroxylation sites is 1. The molecule has 0 bridgehead atoms. The quantitative estimate of drug-likeness (QED) is 0.774. The van der Waals surface area contributed by atoms with E-state index >= 15 is 0 Å². The molecule has 3 rings (SSSR count). The Labute approximate surface area is 126 Å². The molecule has 110 valence electrons. The van der Waals surface area contributed by atoms with Crippen molar-refractivity contribution in [2.24, 2.45) is 0 Å². The maximum absolute atomic E-state index is 11.9. The van der Waals surface area contributed by atoms with Crippen molar-refractivity contribution in [2.75, 3.05) is 11.9 Å². The standard InChI is InChI=1S/C15H13N5O2/c21-15(10-22-14-7-2-1-3-8-14)17-12-5-4-6-13(9-12)20-11-16-18-19-20/h1-9,11H,10H2,(H,17,21). The minimum Gasteiger partial charge on any atom is -0.484 e. The molecule has 0 atom stereocenters. The van der Waals surface area contributed by atoms with Gasteiger partial charge in [0, 0.05) is 5.69 Å². The van der Waals surface area contributed by atoms with Crippen molar-refractivity contribution in [1.82, 2.24) is 20.2 Å². The van der Waals surface area contributed by atoms with E-state index in [1.54, 1.807) is 24.3 Å². The smallest absolute Gasteiger partial charge is 0.262 e. The molecule has 22 heavy (non-hydrogen) atoms. The van der Waals surface area contributed by atoms with Crippen molar-refractivity contribution >= 4 is 11.6 Å². The molecule has 7 nitrogen and oxygen atoms in total. The molecule has 7 heteroatoms. The highest BCUT2D eigenvalue weighted by atomic mass is 16.5. The van der Waals surface area contributed by atoms with E-state index < -0.39 is 0 Å². The first kappa shape index (κ1) is 13.7. The van der Waals surface area contributed by atoms with E-state index in [-0.39, 0.29) is 12.5 Å². The number of benzene rings is 2. The van der Waals surface area contributed by atoms with E-state index in [2.05, 4.69) is 20.8 Å². The summed E-state index contributed by atoms with van der Waals surface area (Å²) in [6.45, 7) is -0.0564. The monoisotopic (exact) mass is 295 g/mol. The molecule has 3 aromatic rings. The van der Waals surface area contributed by atoms with Crippen LogP contribution in [-0.4, -0.2) is 32.7 Å². The molecule has 0 aliphatic rings. The third-order valence-electron chi connectivity index (χ3n) is 2.86. The minimum atomic E-state index is -0.238. The van der Waals surface area contributed by atoms with Crippen molar-refractivity contribution in [2.45, 2.75) is 0 Å². The number of tetrazole rings is 1. The van der Waals surface area contributed by atoms with Gasteiger partial charge in [-0.2, -0.15) is 0 Å². The number of ether oxygens (including phenoxy) is 1. The summed E-state index contributed by atoms with van der Waals surface area (Å²) >= 11 is 0. The second-order valence-corrected chi connectivity index (χ2v) is 4.45. The molecule has 0 saturated heterocycles. The lowest BCUT2D eigenvalue weighted by atomic mass is 10.3. The third-order valence-corrected chi connectivity index (χ3v) is 2.86. The molecular formula is C15H13N5O2. The lowest BCUT2D eigenvalue weighted by molar-refractivity contribution is -0.118. The first-order chi connectivity index (χ1) is 10.8. The number of aromatic nitrogens is 4. The summed E-state index contributed by atoms with van der Waals surface area (Å²) in [6, 6.07) is 16.4. The fraction of sp³-hybridized carbons (Fsp3) is 0.0667. The van der Waals surface area contributed by atoms with Crippen molar-refractivity contribution in [3.63, 3.8) is 0 Å². The van der Waals surface area contributed by atoms with Gasteiger partial charge in [-0.1, -0.05) is 24.3 Å². The zero-order chi connectivity index (χ0) is 15.2. The van der Waals surface area contributed by atoms with Gasteiger partial charge in [0.1, 0.15) is 12.1 Å². The number of hydrogen-bond acceptors (Lipinski definition) is 5. The van der Waals surface area contributed by atoms with Gasteiger partial charge in [-0.15, -0.1) is 5.10 Å². The number of hydrogen-bond donors (Lipinski definition) is 1. The van der Waals surface area contributed by atoms with Crippen LogP contribution in [0.15, 0.2) is 60.9 Å². The second-order valence-electron chi connectivity index (χ2n) is 4.45. The topological polar surface area (TPSA) is 81.9 Å². The number of carbonyl (C=O) groups is 1. The van der Waals surface area contributed by atoms with Gasteiger partial charge in [-0.3, -0.25) is 4.79 Å². The van der Waals surface area contributed by atoms with Gasteiger partial charge in [-0.25, -0.2) is 4.68 Å². The fourth-order valence-corrected chi connectivity index (χ4v) is 1.87. The first-order valence-corrected chi connectivity index (χ1v) is 6.62. The molecule has 0 fully saturated rings. The van der Waals surface area contributed by atoms with Gasteiger partial charge in [0.15, 0.2) is 6.61 Å². The summed E-state index contributed by atoms with van der Waals surface area (Å²) in [7, 11) is 0. The van der Waals surface area contributed by atoms with Crippen LogP contribution in [0.1, 0.15) is 0 Å². The summed E-state index contributed by atoms with van der Waals surface area (Å²) in [6.07, 6.45) is 1.49. The van der Waals surface area contributed by atoms with Gasteiger partial charge in [-0.05, 0) is 40.8 Å². The summed E-state index contributed by atoms with van der Waals surface area (Å²) in [4.78, 5) is 11.9. The molecule has 2 aromatic carbocycles. The Morgan fingerprint density at radius 2 is 2.00 bits per heavy atom. The summed E-state index contributed by atoms with van der Waals surface area (Å²) in [5.74, 6) is 0.415. The van der Waals surface area contributed by atoms with Crippen LogP contribution in [0.2, 0.25) is 0 Å². The zero-order valence-corrected chi connectivity index (χ0v) is 11.6. The number of nitrogens with zero attached hydrogens (tertiary/aromatic N) is 4. The van der Waals surface area contributed by atoms with Gasteiger partial charge >= 0.3 is 0 Å². The van der Waals surface area contributed by atoms with Gasteiger partial charge in [0.05, 0.1) is 5.69 Å². The average molecular weight is 295 g/mol. The van der Waals surface area contributed by atoms with E-state index in [0.717, 1.165) is 5.69 Å². The Bertz CT molecular complexity index is 744. The van der Waals surface area contributed by atoms with Crippen LogP contribution in [0.25, 0.3) is 5.69 Å². The third kappa shape index (κ3) is 3.45. The van der Waals surface area contributed by atoms with Crippen LogP contribution < -0.4 is 10.1 Å². The van der Waals surface area contributed by atoms with Crippen molar-refractivity contribution in [1.29, 1.82) is 0 Å². The van der Waals surface area contributed by atoms with Crippen LogP contribution in [0.3, 0.4) is 0 Å². The highest BCUT2D eigenvalue weighted by molar-refractivity contribution is 5.92. The van der Waals surface area contributed by atoms with Gasteiger partial charge in [0.25, 0.3) is 5.91 Å². The van der Waals surface area contributed by atoms with E-state index in [4.69, 9.17) is 4.74 Å². The zero-order valence-electron chi connectivity index (χ0n) is 11.6. The van der Waals surface area contributed by atoms with Crippen molar-refractivity contribution in [3.05, 3.63) is 60.9 Å². The molecule has 1 heterocycles. The Kier molecular flexibility index (Phi) is 4.05.